The molecule has 1 saturated heterocycles. The molecule has 1 aliphatic heterocycles. The van der Waals surface area contributed by atoms with Crippen molar-refractivity contribution in [2.45, 2.75) is 37.9 Å². The molecular weight excluding hydrogens is 184 g/mol. The monoisotopic (exact) mass is 202 g/mol. The van der Waals surface area contributed by atoms with Crippen LogP contribution in [0.1, 0.15) is 37.4 Å². The molecule has 15 heavy (non-hydrogen) atoms. The summed E-state index contributed by atoms with van der Waals surface area (Å²) in [5, 5.41) is 0. The van der Waals surface area contributed by atoms with Crippen molar-refractivity contribution >= 4 is 0 Å². The molecule has 1 heteroatoms. The van der Waals surface area contributed by atoms with Gasteiger partial charge in [-0.05, 0) is 31.2 Å². The highest BCUT2D eigenvalue weighted by Gasteiger charge is 2.22. The van der Waals surface area contributed by atoms with Crippen LogP contribution in [0.4, 0.5) is 0 Å². The fourth-order valence-corrected chi connectivity index (χ4v) is 2.17. The quantitative estimate of drug-likeness (QED) is 0.676. The molecule has 0 unspecified atom stereocenters. The Balaban J connectivity index is 2.01. The Kier molecular flexibility index (Phi) is 3.57. The van der Waals surface area contributed by atoms with Crippen molar-refractivity contribution in [1.29, 1.82) is 0 Å². The number of benzene rings is 1. The van der Waals surface area contributed by atoms with E-state index in [9.17, 15) is 0 Å². The van der Waals surface area contributed by atoms with E-state index in [4.69, 9.17) is 4.74 Å². The van der Waals surface area contributed by atoms with Gasteiger partial charge >= 0.3 is 0 Å². The van der Waals surface area contributed by atoms with E-state index in [2.05, 4.69) is 30.8 Å². The normalized spacial score (nSPS) is 26.1. The van der Waals surface area contributed by atoms with Gasteiger partial charge < -0.3 is 4.74 Å². The second kappa shape index (κ2) is 5.13. The zero-order chi connectivity index (χ0) is 10.5. The van der Waals surface area contributed by atoms with Gasteiger partial charge in [-0.25, -0.2) is 0 Å². The van der Waals surface area contributed by atoms with Crippen LogP contribution in [0.15, 0.2) is 43.0 Å². The standard InChI is InChI=1S/C14H18O/c1-2-7-13-10-6-11-14(15-13)12-8-4-3-5-9-12/h2-5,8-9,13-14H,1,6-7,10-11H2/t13-,14-/m0/s1. The number of ether oxygens (including phenoxy) is 1. The molecule has 0 aromatic heterocycles. The SMILES string of the molecule is C=CC[C@H]1CCC[C@@H](c2ccccc2)O1. The van der Waals surface area contributed by atoms with E-state index < -0.39 is 0 Å². The largest absolute Gasteiger partial charge is 0.370 e. The highest BCUT2D eigenvalue weighted by molar-refractivity contribution is 5.17. The molecule has 0 aliphatic carbocycles. The molecule has 80 valence electrons. The summed E-state index contributed by atoms with van der Waals surface area (Å²) in [6, 6.07) is 10.5. The van der Waals surface area contributed by atoms with Crippen LogP contribution in [-0.2, 0) is 4.74 Å². The smallest absolute Gasteiger partial charge is 0.0828 e. The molecule has 0 radical (unpaired) electrons. The van der Waals surface area contributed by atoms with Gasteiger partial charge in [0, 0.05) is 0 Å². The van der Waals surface area contributed by atoms with E-state index in [0.29, 0.717) is 12.2 Å². The minimum Gasteiger partial charge on any atom is -0.370 e. The molecule has 1 aromatic carbocycles. The Labute approximate surface area is 91.8 Å². The van der Waals surface area contributed by atoms with Gasteiger partial charge in [0.25, 0.3) is 0 Å². The first-order valence-corrected chi connectivity index (χ1v) is 5.71. The minimum atomic E-state index is 0.296. The molecule has 1 aromatic rings. The first kappa shape index (κ1) is 10.4. The number of rotatable bonds is 3. The third-order valence-electron chi connectivity index (χ3n) is 2.95. The molecule has 0 N–H and O–H groups in total. The molecule has 0 amide bonds. The van der Waals surface area contributed by atoms with Crippen molar-refractivity contribution in [3.8, 4) is 0 Å². The summed E-state index contributed by atoms with van der Waals surface area (Å²) in [6.07, 6.45) is 7.19. The van der Waals surface area contributed by atoms with E-state index in [0.717, 1.165) is 12.8 Å². The molecule has 2 rings (SSSR count). The van der Waals surface area contributed by atoms with Gasteiger partial charge in [0.2, 0.25) is 0 Å². The Morgan fingerprint density at radius 1 is 1.27 bits per heavy atom. The molecule has 0 bridgehead atoms. The summed E-state index contributed by atoms with van der Waals surface area (Å²) in [6.45, 7) is 3.77. The van der Waals surface area contributed by atoms with Crippen molar-refractivity contribution in [3.63, 3.8) is 0 Å². The highest BCUT2D eigenvalue weighted by atomic mass is 16.5. The maximum absolute atomic E-state index is 6.04. The van der Waals surface area contributed by atoms with Crippen LogP contribution in [0.3, 0.4) is 0 Å². The van der Waals surface area contributed by atoms with Gasteiger partial charge in [-0.15, -0.1) is 6.58 Å². The predicted octanol–water partition coefficient (Wildman–Crippen LogP) is 3.87. The lowest BCUT2D eigenvalue weighted by Gasteiger charge is -2.29. The van der Waals surface area contributed by atoms with Crippen LogP contribution in [0, 0.1) is 0 Å². The lowest BCUT2D eigenvalue weighted by atomic mass is 9.97. The first-order valence-electron chi connectivity index (χ1n) is 5.71. The third kappa shape index (κ3) is 2.69. The molecule has 2 atom stereocenters. The zero-order valence-electron chi connectivity index (χ0n) is 9.06. The summed E-state index contributed by atoms with van der Waals surface area (Å²) in [4.78, 5) is 0. The molecule has 1 heterocycles. The zero-order valence-corrected chi connectivity index (χ0v) is 9.06. The average molecular weight is 202 g/mol. The van der Waals surface area contributed by atoms with Crippen molar-refractivity contribution in [3.05, 3.63) is 48.6 Å². The third-order valence-corrected chi connectivity index (χ3v) is 2.95. The first-order chi connectivity index (χ1) is 7.40. The van der Waals surface area contributed by atoms with Crippen molar-refractivity contribution in [2.24, 2.45) is 0 Å². The lowest BCUT2D eigenvalue weighted by molar-refractivity contribution is -0.0493. The average Bonchev–Trinajstić information content (AvgIpc) is 2.31. The van der Waals surface area contributed by atoms with Crippen LogP contribution < -0.4 is 0 Å². The Hall–Kier alpha value is -1.08. The fourth-order valence-electron chi connectivity index (χ4n) is 2.17. The molecule has 0 spiro atoms. The van der Waals surface area contributed by atoms with Gasteiger partial charge in [-0.3, -0.25) is 0 Å². The summed E-state index contributed by atoms with van der Waals surface area (Å²) < 4.78 is 6.04. The van der Waals surface area contributed by atoms with Crippen molar-refractivity contribution in [1.82, 2.24) is 0 Å². The Morgan fingerprint density at radius 3 is 2.80 bits per heavy atom. The van der Waals surface area contributed by atoms with Gasteiger partial charge in [0.1, 0.15) is 0 Å². The highest BCUT2D eigenvalue weighted by Crippen LogP contribution is 2.32. The van der Waals surface area contributed by atoms with Crippen molar-refractivity contribution in [2.75, 3.05) is 0 Å². The molecule has 1 aliphatic rings. The maximum Gasteiger partial charge on any atom is 0.0828 e. The summed E-state index contributed by atoms with van der Waals surface area (Å²) in [5.41, 5.74) is 1.31. The predicted molar refractivity (Wildman–Crippen MR) is 62.7 cm³/mol. The van der Waals surface area contributed by atoms with Crippen LogP contribution in [-0.4, -0.2) is 6.10 Å². The number of hydrogen-bond donors (Lipinski definition) is 0. The molecular formula is C14H18O. The van der Waals surface area contributed by atoms with Crippen LogP contribution in [0.5, 0.6) is 0 Å². The van der Waals surface area contributed by atoms with Crippen LogP contribution in [0.25, 0.3) is 0 Å². The van der Waals surface area contributed by atoms with Crippen LogP contribution in [0.2, 0.25) is 0 Å². The summed E-state index contributed by atoms with van der Waals surface area (Å²) in [7, 11) is 0. The topological polar surface area (TPSA) is 9.23 Å². The maximum atomic E-state index is 6.04. The van der Waals surface area contributed by atoms with E-state index in [-0.39, 0.29) is 0 Å². The van der Waals surface area contributed by atoms with E-state index in [1.165, 1.54) is 18.4 Å². The Morgan fingerprint density at radius 2 is 2.07 bits per heavy atom. The van der Waals surface area contributed by atoms with Gasteiger partial charge in [-0.1, -0.05) is 36.4 Å². The summed E-state index contributed by atoms with van der Waals surface area (Å²) >= 11 is 0. The van der Waals surface area contributed by atoms with Crippen LogP contribution >= 0.6 is 0 Å². The molecule has 1 nitrogen and oxygen atoms in total. The van der Waals surface area contributed by atoms with Gasteiger partial charge in [0.05, 0.1) is 12.2 Å². The lowest BCUT2D eigenvalue weighted by Crippen LogP contribution is -2.21. The number of hydrogen-bond acceptors (Lipinski definition) is 1. The second-order valence-corrected chi connectivity index (χ2v) is 4.11. The van der Waals surface area contributed by atoms with Gasteiger partial charge in [-0.2, -0.15) is 0 Å². The van der Waals surface area contributed by atoms with E-state index in [1.54, 1.807) is 0 Å². The fraction of sp³-hybridized carbons (Fsp3) is 0.429. The van der Waals surface area contributed by atoms with E-state index in [1.807, 2.05) is 12.1 Å². The minimum absolute atomic E-state index is 0.296. The van der Waals surface area contributed by atoms with Gasteiger partial charge in [0.15, 0.2) is 0 Å². The Bertz CT molecular complexity index is 304. The summed E-state index contributed by atoms with van der Waals surface area (Å²) in [5.74, 6) is 0. The molecule has 0 saturated carbocycles. The van der Waals surface area contributed by atoms with Crippen molar-refractivity contribution < 1.29 is 4.74 Å². The van der Waals surface area contributed by atoms with E-state index >= 15 is 0 Å². The second-order valence-electron chi connectivity index (χ2n) is 4.11. The molecule has 1 fully saturated rings.